The standard InChI is InChI=1S/C40H27BN2O/c1-4-15-28(16-5-1)42(29-17-6-2-7-18-29)35-27-36-39(32-22-11-10-21-31(32)35)41-33-23-12-13-25-37(33)44-38-26-14-24-34(40(38)41)43(36)30-19-8-3-9-20-30/h1-27H. The van der Waals surface area contributed by atoms with E-state index in [2.05, 4.69) is 174 Å². The van der Waals surface area contributed by atoms with Crippen molar-refractivity contribution >= 4 is 68.0 Å². The summed E-state index contributed by atoms with van der Waals surface area (Å²) in [5.74, 6) is 1.84. The number of para-hydroxylation sites is 4. The summed E-state index contributed by atoms with van der Waals surface area (Å²) < 4.78 is 6.58. The molecule has 0 unspecified atom stereocenters. The van der Waals surface area contributed by atoms with Crippen molar-refractivity contribution in [1.82, 2.24) is 0 Å². The van der Waals surface area contributed by atoms with E-state index in [-0.39, 0.29) is 6.71 Å². The summed E-state index contributed by atoms with van der Waals surface area (Å²) in [6.45, 7) is 0.0296. The van der Waals surface area contributed by atoms with Gasteiger partial charge in [0.2, 0.25) is 0 Å². The zero-order valence-corrected chi connectivity index (χ0v) is 24.0. The number of fused-ring (bicyclic) bond motifs is 6. The number of rotatable bonds is 4. The van der Waals surface area contributed by atoms with Gasteiger partial charge < -0.3 is 14.5 Å². The second kappa shape index (κ2) is 9.93. The molecule has 2 aliphatic rings. The summed E-state index contributed by atoms with van der Waals surface area (Å²) in [6, 6.07) is 58.3. The molecule has 7 aromatic carbocycles. The van der Waals surface area contributed by atoms with Crippen molar-refractivity contribution in [3.63, 3.8) is 0 Å². The SMILES string of the molecule is c1ccc(N2c3cccc4c3B(c3ccccc3O4)c3c2cc(N(c2ccccc2)c2ccccc2)c2ccccc32)cc1. The van der Waals surface area contributed by atoms with Crippen molar-refractivity contribution in [2.45, 2.75) is 0 Å². The van der Waals surface area contributed by atoms with Crippen LogP contribution in [-0.2, 0) is 0 Å². The molecule has 0 aliphatic carbocycles. The number of nitrogens with zero attached hydrogens (tertiary/aromatic N) is 2. The maximum atomic E-state index is 6.58. The molecule has 44 heavy (non-hydrogen) atoms. The van der Waals surface area contributed by atoms with Gasteiger partial charge in [0.1, 0.15) is 11.5 Å². The van der Waals surface area contributed by atoms with E-state index in [4.69, 9.17) is 4.74 Å². The first-order valence-corrected chi connectivity index (χ1v) is 15.1. The maximum absolute atomic E-state index is 6.58. The molecule has 206 valence electrons. The van der Waals surface area contributed by atoms with Gasteiger partial charge in [-0.3, -0.25) is 0 Å². The van der Waals surface area contributed by atoms with E-state index in [1.165, 1.54) is 32.8 Å². The van der Waals surface area contributed by atoms with Crippen LogP contribution >= 0.6 is 0 Å². The lowest BCUT2D eigenvalue weighted by Gasteiger charge is -2.41. The first-order valence-electron chi connectivity index (χ1n) is 15.1. The van der Waals surface area contributed by atoms with Crippen LogP contribution in [-0.4, -0.2) is 6.71 Å². The Morgan fingerprint density at radius 2 is 1.07 bits per heavy atom. The maximum Gasteiger partial charge on any atom is 0.257 e. The number of hydrogen-bond donors (Lipinski definition) is 0. The monoisotopic (exact) mass is 562 g/mol. The van der Waals surface area contributed by atoms with Gasteiger partial charge in [-0.2, -0.15) is 0 Å². The zero-order valence-electron chi connectivity index (χ0n) is 24.0. The van der Waals surface area contributed by atoms with E-state index in [0.717, 1.165) is 39.9 Å². The Labute approximate surface area is 257 Å². The average molecular weight is 562 g/mol. The van der Waals surface area contributed by atoms with Crippen LogP contribution in [0.15, 0.2) is 164 Å². The lowest BCUT2D eigenvalue weighted by Crippen LogP contribution is -2.59. The van der Waals surface area contributed by atoms with Crippen molar-refractivity contribution in [1.29, 1.82) is 0 Å². The molecule has 0 fully saturated rings. The molecule has 0 saturated heterocycles. The first kappa shape index (κ1) is 24.8. The van der Waals surface area contributed by atoms with E-state index in [1.807, 2.05) is 0 Å². The molecule has 0 amide bonds. The third kappa shape index (κ3) is 3.71. The van der Waals surface area contributed by atoms with Gasteiger partial charge in [-0.25, -0.2) is 0 Å². The number of anilines is 6. The number of benzene rings is 7. The Morgan fingerprint density at radius 3 is 1.80 bits per heavy atom. The summed E-state index contributed by atoms with van der Waals surface area (Å²) in [7, 11) is 0. The highest BCUT2D eigenvalue weighted by Crippen LogP contribution is 2.46. The summed E-state index contributed by atoms with van der Waals surface area (Å²) in [5.41, 5.74) is 10.5. The number of hydrogen-bond acceptors (Lipinski definition) is 3. The molecular weight excluding hydrogens is 535 g/mol. The third-order valence-electron chi connectivity index (χ3n) is 8.88. The molecule has 0 saturated carbocycles. The summed E-state index contributed by atoms with van der Waals surface area (Å²) in [6.07, 6.45) is 0. The van der Waals surface area contributed by atoms with Crippen LogP contribution in [0, 0.1) is 0 Å². The van der Waals surface area contributed by atoms with Crippen LogP contribution < -0.4 is 30.9 Å². The first-order chi connectivity index (χ1) is 21.9. The molecule has 0 spiro atoms. The Kier molecular flexibility index (Phi) is 5.60. The fraction of sp³-hybridized carbons (Fsp3) is 0. The minimum absolute atomic E-state index is 0.0296. The molecule has 7 aromatic rings. The minimum atomic E-state index is 0.0296. The van der Waals surface area contributed by atoms with Gasteiger partial charge in [-0.15, -0.1) is 0 Å². The molecule has 0 aromatic heterocycles. The fourth-order valence-electron chi connectivity index (χ4n) is 7.10. The van der Waals surface area contributed by atoms with Crippen LogP contribution in [0.25, 0.3) is 10.8 Å². The van der Waals surface area contributed by atoms with Crippen molar-refractivity contribution < 1.29 is 4.74 Å². The van der Waals surface area contributed by atoms with E-state index < -0.39 is 0 Å². The van der Waals surface area contributed by atoms with Gasteiger partial charge in [0, 0.05) is 33.8 Å². The van der Waals surface area contributed by atoms with Crippen LogP contribution in [0.2, 0.25) is 0 Å². The van der Waals surface area contributed by atoms with Crippen LogP contribution in [0.1, 0.15) is 0 Å². The quantitative estimate of drug-likeness (QED) is 0.200. The summed E-state index contributed by atoms with van der Waals surface area (Å²) in [5, 5.41) is 2.44. The van der Waals surface area contributed by atoms with E-state index in [9.17, 15) is 0 Å². The van der Waals surface area contributed by atoms with Crippen molar-refractivity contribution in [3.05, 3.63) is 164 Å². The Hall–Kier alpha value is -5.74. The molecule has 2 heterocycles. The molecule has 9 rings (SSSR count). The fourth-order valence-corrected chi connectivity index (χ4v) is 7.10. The second-order valence-electron chi connectivity index (χ2n) is 11.3. The van der Waals surface area contributed by atoms with Crippen molar-refractivity contribution in [3.8, 4) is 11.5 Å². The van der Waals surface area contributed by atoms with Crippen LogP contribution in [0.4, 0.5) is 34.1 Å². The molecule has 0 atom stereocenters. The van der Waals surface area contributed by atoms with Gasteiger partial charge in [-0.1, -0.05) is 103 Å². The summed E-state index contributed by atoms with van der Waals surface area (Å²) >= 11 is 0. The molecular formula is C40H27BN2O. The van der Waals surface area contributed by atoms with Gasteiger partial charge >= 0.3 is 0 Å². The van der Waals surface area contributed by atoms with Gasteiger partial charge in [0.15, 0.2) is 0 Å². The molecule has 2 aliphatic heterocycles. The van der Waals surface area contributed by atoms with Gasteiger partial charge in [-0.05, 0) is 82.4 Å². The lowest BCUT2D eigenvalue weighted by molar-refractivity contribution is 0.487. The van der Waals surface area contributed by atoms with E-state index in [1.54, 1.807) is 0 Å². The number of ether oxygens (including phenoxy) is 1. The summed E-state index contributed by atoms with van der Waals surface area (Å²) in [4.78, 5) is 4.81. The lowest BCUT2D eigenvalue weighted by atomic mass is 9.33. The molecule has 0 radical (unpaired) electrons. The molecule has 0 bridgehead atoms. The van der Waals surface area contributed by atoms with Gasteiger partial charge in [0.25, 0.3) is 6.71 Å². The topological polar surface area (TPSA) is 15.7 Å². The predicted octanol–water partition coefficient (Wildman–Crippen LogP) is 8.71. The minimum Gasteiger partial charge on any atom is -0.458 e. The third-order valence-corrected chi connectivity index (χ3v) is 8.88. The molecule has 3 nitrogen and oxygen atoms in total. The highest BCUT2D eigenvalue weighted by atomic mass is 16.5. The van der Waals surface area contributed by atoms with Crippen molar-refractivity contribution in [2.75, 3.05) is 9.80 Å². The Bertz CT molecular complexity index is 2130. The molecule has 0 N–H and O–H groups in total. The van der Waals surface area contributed by atoms with Crippen LogP contribution in [0.3, 0.4) is 0 Å². The average Bonchev–Trinajstić information content (AvgIpc) is 3.09. The van der Waals surface area contributed by atoms with E-state index >= 15 is 0 Å². The highest BCUT2D eigenvalue weighted by molar-refractivity contribution is 7.00. The predicted molar refractivity (Wildman–Crippen MR) is 184 cm³/mol. The van der Waals surface area contributed by atoms with Crippen LogP contribution in [0.5, 0.6) is 11.5 Å². The Balaban J connectivity index is 1.42. The highest BCUT2D eigenvalue weighted by Gasteiger charge is 2.43. The molecule has 4 heteroatoms. The normalized spacial score (nSPS) is 12.6. The Morgan fingerprint density at radius 1 is 0.477 bits per heavy atom. The van der Waals surface area contributed by atoms with E-state index in [0.29, 0.717) is 0 Å². The largest absolute Gasteiger partial charge is 0.458 e. The second-order valence-corrected chi connectivity index (χ2v) is 11.3. The van der Waals surface area contributed by atoms with Crippen molar-refractivity contribution in [2.24, 2.45) is 0 Å². The zero-order chi connectivity index (χ0) is 29.0. The smallest absolute Gasteiger partial charge is 0.257 e. The van der Waals surface area contributed by atoms with Gasteiger partial charge in [0.05, 0.1) is 5.69 Å².